The Hall–Kier alpha value is -3.49. The lowest BCUT2D eigenvalue weighted by Gasteiger charge is -2.07. The Morgan fingerprint density at radius 3 is 2.74 bits per heavy atom. The first kappa shape index (κ1) is 18.3. The van der Waals surface area contributed by atoms with Gasteiger partial charge in [-0.3, -0.25) is 10.1 Å². The van der Waals surface area contributed by atoms with Crippen molar-refractivity contribution < 1.29 is 9.21 Å². The fraction of sp³-hybridized carbons (Fsp3) is 0.278. The maximum Gasteiger partial charge on any atom is 0.302 e. The van der Waals surface area contributed by atoms with Gasteiger partial charge in [0.15, 0.2) is 11.4 Å². The lowest BCUT2D eigenvalue weighted by molar-refractivity contribution is -0.114. The van der Waals surface area contributed by atoms with Crippen LogP contribution >= 0.6 is 0 Å². The van der Waals surface area contributed by atoms with Crippen LogP contribution in [-0.2, 0) is 4.79 Å². The minimum Gasteiger partial charge on any atom is -0.423 e. The molecule has 0 saturated heterocycles. The van der Waals surface area contributed by atoms with Gasteiger partial charge in [0.25, 0.3) is 0 Å². The number of nitrogens with zero attached hydrogens (tertiary/aromatic N) is 4. The molecule has 2 heterocycles. The van der Waals surface area contributed by atoms with Gasteiger partial charge in [0, 0.05) is 24.2 Å². The van der Waals surface area contributed by atoms with E-state index in [1.165, 1.54) is 13.3 Å². The van der Waals surface area contributed by atoms with Crippen LogP contribution in [0.15, 0.2) is 27.6 Å². The van der Waals surface area contributed by atoms with E-state index in [2.05, 4.69) is 20.4 Å². The molecule has 27 heavy (non-hydrogen) atoms. The van der Waals surface area contributed by atoms with Crippen molar-refractivity contribution in [1.82, 2.24) is 14.8 Å². The summed E-state index contributed by atoms with van der Waals surface area (Å²) < 4.78 is 7.33. The zero-order valence-corrected chi connectivity index (χ0v) is 15.6. The van der Waals surface area contributed by atoms with Crippen molar-refractivity contribution in [1.29, 1.82) is 5.41 Å². The van der Waals surface area contributed by atoms with Crippen molar-refractivity contribution in [3.63, 3.8) is 0 Å². The molecule has 0 radical (unpaired) electrons. The number of aliphatic imine (C=N–C) groups is 1. The highest BCUT2D eigenvalue weighted by molar-refractivity contribution is 6.06. The largest absolute Gasteiger partial charge is 0.423 e. The molecule has 9 nitrogen and oxygen atoms in total. The standard InChI is InChI=1S/C18H21N7O2/c1-9(2)25-17(21-8-19)15(10(3)20)16(24-25)12-5-6-13-14(7-12)27-18(23-13)22-11(4)26/h5-9,20H,1-4H3,(H2,19,21)(H,22,23,26). The summed E-state index contributed by atoms with van der Waals surface area (Å²) in [6.07, 6.45) is 1.20. The number of oxazole rings is 1. The molecular formula is C18H21N7O2. The molecule has 4 N–H and O–H groups in total. The summed E-state index contributed by atoms with van der Waals surface area (Å²) in [5.41, 5.74) is 8.91. The van der Waals surface area contributed by atoms with Crippen LogP contribution in [0.4, 0.5) is 11.8 Å². The zero-order valence-electron chi connectivity index (χ0n) is 15.6. The third kappa shape index (κ3) is 3.43. The minimum absolute atomic E-state index is 0.0379. The average molecular weight is 367 g/mol. The normalized spacial score (nSPS) is 11.6. The van der Waals surface area contributed by atoms with Crippen molar-refractivity contribution in [3.8, 4) is 11.3 Å². The quantitative estimate of drug-likeness (QED) is 0.470. The van der Waals surface area contributed by atoms with E-state index in [-0.39, 0.29) is 18.0 Å². The summed E-state index contributed by atoms with van der Waals surface area (Å²) >= 11 is 0. The van der Waals surface area contributed by atoms with Crippen LogP contribution in [0.1, 0.15) is 39.3 Å². The molecule has 0 aliphatic heterocycles. The summed E-state index contributed by atoms with van der Waals surface area (Å²) in [7, 11) is 0. The van der Waals surface area contributed by atoms with E-state index in [9.17, 15) is 4.79 Å². The summed E-state index contributed by atoms with van der Waals surface area (Å²) in [5.74, 6) is 0.273. The first-order chi connectivity index (χ1) is 12.8. The zero-order chi connectivity index (χ0) is 19.7. The number of nitrogens with two attached hydrogens (primary N) is 1. The fourth-order valence-corrected chi connectivity index (χ4v) is 2.80. The highest BCUT2D eigenvalue weighted by Gasteiger charge is 2.22. The lowest BCUT2D eigenvalue weighted by atomic mass is 10.0. The van der Waals surface area contributed by atoms with E-state index in [0.717, 1.165) is 5.56 Å². The molecule has 0 aliphatic rings. The van der Waals surface area contributed by atoms with Crippen molar-refractivity contribution >= 4 is 40.9 Å². The summed E-state index contributed by atoms with van der Waals surface area (Å²) in [6.45, 7) is 7.03. The summed E-state index contributed by atoms with van der Waals surface area (Å²) in [5, 5.41) is 15.4. The second-order valence-electron chi connectivity index (χ2n) is 6.37. The predicted octanol–water partition coefficient (Wildman–Crippen LogP) is 3.24. The van der Waals surface area contributed by atoms with E-state index < -0.39 is 0 Å². The molecule has 0 fully saturated rings. The predicted molar refractivity (Wildman–Crippen MR) is 105 cm³/mol. The molecule has 3 rings (SSSR count). The van der Waals surface area contributed by atoms with E-state index in [4.69, 9.17) is 15.6 Å². The van der Waals surface area contributed by atoms with Crippen LogP contribution in [0.5, 0.6) is 0 Å². The highest BCUT2D eigenvalue weighted by Crippen LogP contribution is 2.34. The molecule has 2 aromatic heterocycles. The molecule has 1 aromatic carbocycles. The Balaban J connectivity index is 2.19. The number of hydrogen-bond donors (Lipinski definition) is 3. The number of hydrogen-bond acceptors (Lipinski definition) is 6. The van der Waals surface area contributed by atoms with Gasteiger partial charge in [0.1, 0.15) is 11.2 Å². The van der Waals surface area contributed by atoms with Gasteiger partial charge in [-0.05, 0) is 32.9 Å². The monoisotopic (exact) mass is 367 g/mol. The number of nitrogens with one attached hydrogen (secondary N) is 2. The van der Waals surface area contributed by atoms with Crippen molar-refractivity contribution in [2.24, 2.45) is 10.7 Å². The topological polar surface area (TPSA) is 135 Å². The molecule has 1 amide bonds. The molecule has 0 saturated carbocycles. The van der Waals surface area contributed by atoms with Gasteiger partial charge in [0.05, 0.1) is 11.9 Å². The van der Waals surface area contributed by atoms with Gasteiger partial charge in [-0.1, -0.05) is 6.07 Å². The third-order valence-corrected chi connectivity index (χ3v) is 3.89. The number of carbonyl (C=O) groups excluding carboxylic acids is 1. The molecule has 0 unspecified atom stereocenters. The van der Waals surface area contributed by atoms with Crippen LogP contribution in [-0.4, -0.2) is 32.7 Å². The number of aromatic nitrogens is 3. The van der Waals surface area contributed by atoms with Crippen molar-refractivity contribution in [2.45, 2.75) is 33.7 Å². The SMILES string of the molecule is CC(=N)c1c(-c2ccc3nc(NC(C)=O)oc3c2)nn(C(C)C)c1N=CN. The third-order valence-electron chi connectivity index (χ3n) is 3.89. The smallest absolute Gasteiger partial charge is 0.302 e. The lowest BCUT2D eigenvalue weighted by Crippen LogP contribution is -2.05. The van der Waals surface area contributed by atoms with Gasteiger partial charge in [-0.15, -0.1) is 0 Å². The number of amides is 1. The highest BCUT2D eigenvalue weighted by atomic mass is 16.4. The number of carbonyl (C=O) groups is 1. The minimum atomic E-state index is -0.261. The Labute approximate surface area is 155 Å². The summed E-state index contributed by atoms with van der Waals surface area (Å²) in [4.78, 5) is 19.6. The molecule has 3 aromatic rings. The van der Waals surface area contributed by atoms with Crippen LogP contribution in [0.3, 0.4) is 0 Å². The number of benzene rings is 1. The molecule has 140 valence electrons. The maximum atomic E-state index is 11.2. The van der Waals surface area contributed by atoms with Crippen LogP contribution in [0.25, 0.3) is 22.4 Å². The van der Waals surface area contributed by atoms with Crippen molar-refractivity contribution in [2.75, 3.05) is 5.32 Å². The van der Waals surface area contributed by atoms with Crippen LogP contribution in [0.2, 0.25) is 0 Å². The molecule has 0 spiro atoms. The number of fused-ring (bicyclic) bond motifs is 1. The molecule has 0 bridgehead atoms. The summed E-state index contributed by atoms with van der Waals surface area (Å²) in [6, 6.07) is 5.58. The molecule has 0 atom stereocenters. The van der Waals surface area contributed by atoms with E-state index in [0.29, 0.717) is 33.9 Å². The Bertz CT molecular complexity index is 1060. The van der Waals surface area contributed by atoms with E-state index in [1.807, 2.05) is 19.9 Å². The van der Waals surface area contributed by atoms with Gasteiger partial charge < -0.3 is 15.6 Å². The second-order valence-corrected chi connectivity index (χ2v) is 6.37. The number of anilines is 1. The second kappa shape index (κ2) is 7.02. The fourth-order valence-electron chi connectivity index (χ4n) is 2.80. The first-order valence-electron chi connectivity index (χ1n) is 8.42. The van der Waals surface area contributed by atoms with Crippen LogP contribution in [0, 0.1) is 5.41 Å². The Kier molecular flexibility index (Phi) is 4.76. The number of rotatable bonds is 5. The van der Waals surface area contributed by atoms with Gasteiger partial charge in [-0.2, -0.15) is 10.1 Å². The Morgan fingerprint density at radius 1 is 1.41 bits per heavy atom. The van der Waals surface area contributed by atoms with Gasteiger partial charge >= 0.3 is 6.01 Å². The van der Waals surface area contributed by atoms with E-state index in [1.54, 1.807) is 23.7 Å². The van der Waals surface area contributed by atoms with E-state index >= 15 is 0 Å². The first-order valence-corrected chi connectivity index (χ1v) is 8.42. The molecular weight excluding hydrogens is 346 g/mol. The average Bonchev–Trinajstić information content (AvgIpc) is 3.14. The molecule has 0 aliphatic carbocycles. The van der Waals surface area contributed by atoms with Gasteiger partial charge in [0.2, 0.25) is 5.91 Å². The van der Waals surface area contributed by atoms with Gasteiger partial charge in [-0.25, -0.2) is 9.67 Å². The van der Waals surface area contributed by atoms with Crippen LogP contribution < -0.4 is 11.1 Å². The van der Waals surface area contributed by atoms with Crippen molar-refractivity contribution in [3.05, 3.63) is 23.8 Å². The maximum absolute atomic E-state index is 11.2. The Morgan fingerprint density at radius 2 is 2.15 bits per heavy atom. The molecule has 9 heteroatoms.